The Morgan fingerprint density at radius 2 is 1.93 bits per heavy atom. The molecule has 3 nitrogen and oxygen atoms in total. The van der Waals surface area contributed by atoms with E-state index >= 15 is 0 Å². The molecular formula is C8H10NaO3PS. The van der Waals surface area contributed by atoms with E-state index in [2.05, 4.69) is 11.8 Å². The largest absolute Gasteiger partial charge is 1.00 e. The molecule has 0 radical (unpaired) electrons. The Hall–Kier alpha value is 0.590. The Labute approximate surface area is 111 Å². The van der Waals surface area contributed by atoms with Gasteiger partial charge >= 0.3 is 29.6 Å². The van der Waals surface area contributed by atoms with Crippen molar-refractivity contribution >= 4 is 18.5 Å². The van der Waals surface area contributed by atoms with Crippen LogP contribution in [0.2, 0.25) is 0 Å². The van der Waals surface area contributed by atoms with Crippen LogP contribution in [0.5, 0.6) is 5.75 Å². The standard InChI is InChI=1S/C8H11O3PS.Na/c1-2-10-12(9,13)11-8-6-4-3-5-7-8;/h3-7H,2H2,1H3,(H,9,13);/q;+1/p-1. The van der Waals surface area contributed by atoms with E-state index < -0.39 is 6.72 Å². The molecule has 0 aliphatic carbocycles. The Balaban J connectivity index is 0.00000169. The minimum atomic E-state index is -3.33. The van der Waals surface area contributed by atoms with Crippen molar-refractivity contribution in [2.75, 3.05) is 6.61 Å². The zero-order chi connectivity index (χ0) is 9.73. The van der Waals surface area contributed by atoms with Crippen molar-refractivity contribution in [3.8, 4) is 5.75 Å². The van der Waals surface area contributed by atoms with Gasteiger partial charge in [-0.2, -0.15) is 0 Å². The summed E-state index contributed by atoms with van der Waals surface area (Å²) < 4.78 is 9.77. The van der Waals surface area contributed by atoms with Crippen molar-refractivity contribution in [3.63, 3.8) is 0 Å². The van der Waals surface area contributed by atoms with Gasteiger partial charge in [0.2, 0.25) is 0 Å². The van der Waals surface area contributed by atoms with Gasteiger partial charge in [-0.15, -0.1) is 0 Å². The van der Waals surface area contributed by atoms with Gasteiger partial charge in [-0.25, -0.2) is 0 Å². The molecule has 1 unspecified atom stereocenters. The maximum atomic E-state index is 11.4. The molecule has 72 valence electrons. The Bertz CT molecular complexity index is 307. The molecule has 0 aliphatic heterocycles. The van der Waals surface area contributed by atoms with Crippen LogP contribution in [0.25, 0.3) is 0 Å². The maximum absolute atomic E-state index is 11.4. The molecule has 6 heteroatoms. The van der Waals surface area contributed by atoms with E-state index in [4.69, 9.17) is 9.05 Å². The van der Waals surface area contributed by atoms with Crippen LogP contribution in [0, 0.1) is 0 Å². The van der Waals surface area contributed by atoms with Crippen molar-refractivity contribution < 1.29 is 43.5 Å². The smallest absolute Gasteiger partial charge is 0.770 e. The number of rotatable bonds is 4. The first-order valence-corrected chi connectivity index (χ1v) is 6.40. The number of hydrogen-bond donors (Lipinski definition) is 0. The number of para-hydroxylation sites is 1. The first-order chi connectivity index (χ1) is 6.14. The quantitative estimate of drug-likeness (QED) is 0.484. The van der Waals surface area contributed by atoms with Gasteiger partial charge in [0.25, 0.3) is 0 Å². The van der Waals surface area contributed by atoms with Crippen LogP contribution in [0.1, 0.15) is 6.92 Å². The molecule has 0 N–H and O–H groups in total. The Morgan fingerprint density at radius 1 is 1.36 bits per heavy atom. The molecule has 0 saturated heterocycles. The van der Waals surface area contributed by atoms with Gasteiger partial charge in [0, 0.05) is 0 Å². The molecule has 0 aliphatic rings. The fourth-order valence-electron chi connectivity index (χ4n) is 0.795. The van der Waals surface area contributed by atoms with Crippen LogP contribution in [-0.2, 0) is 16.3 Å². The van der Waals surface area contributed by atoms with Crippen LogP contribution in [0.4, 0.5) is 0 Å². The van der Waals surface area contributed by atoms with E-state index in [0.717, 1.165) is 0 Å². The maximum Gasteiger partial charge on any atom is 1.00 e. The molecule has 0 aromatic heterocycles. The van der Waals surface area contributed by atoms with Crippen LogP contribution in [-0.4, -0.2) is 6.61 Å². The second-order valence-electron chi connectivity index (χ2n) is 2.27. The second kappa shape index (κ2) is 6.96. The molecule has 0 bridgehead atoms. The fourth-order valence-corrected chi connectivity index (χ4v) is 2.12. The zero-order valence-corrected chi connectivity index (χ0v) is 11.9. The van der Waals surface area contributed by atoms with Crippen LogP contribution < -0.4 is 39.0 Å². The first-order valence-electron chi connectivity index (χ1n) is 3.84. The van der Waals surface area contributed by atoms with Crippen molar-refractivity contribution in [1.29, 1.82) is 0 Å². The van der Waals surface area contributed by atoms with Gasteiger partial charge in [0.05, 0.1) is 6.61 Å². The number of benzene rings is 1. The van der Waals surface area contributed by atoms with Gasteiger partial charge in [-0.1, -0.05) is 18.2 Å². The van der Waals surface area contributed by atoms with Crippen LogP contribution in [0.3, 0.4) is 0 Å². The molecule has 14 heavy (non-hydrogen) atoms. The van der Waals surface area contributed by atoms with Crippen molar-refractivity contribution in [3.05, 3.63) is 30.3 Å². The minimum absolute atomic E-state index is 0. The second-order valence-corrected chi connectivity index (χ2v) is 4.95. The molecule has 0 amide bonds. The Morgan fingerprint density at radius 3 is 2.43 bits per heavy atom. The predicted molar refractivity (Wildman–Crippen MR) is 53.0 cm³/mol. The third kappa shape index (κ3) is 5.47. The molecule has 1 aromatic rings. The summed E-state index contributed by atoms with van der Waals surface area (Å²) >= 11 is 4.64. The van der Waals surface area contributed by atoms with Crippen molar-refractivity contribution in [2.45, 2.75) is 6.92 Å². The summed E-state index contributed by atoms with van der Waals surface area (Å²) in [5.74, 6) is 0.467. The molecule has 0 fully saturated rings. The summed E-state index contributed by atoms with van der Waals surface area (Å²) in [5.41, 5.74) is 0. The molecule has 0 heterocycles. The monoisotopic (exact) mass is 240 g/mol. The third-order valence-corrected chi connectivity index (χ3v) is 2.80. The van der Waals surface area contributed by atoms with E-state index in [1.54, 1.807) is 31.2 Å². The summed E-state index contributed by atoms with van der Waals surface area (Å²) in [6, 6.07) is 8.74. The topological polar surface area (TPSA) is 41.5 Å². The average Bonchev–Trinajstić information content (AvgIpc) is 2.04. The van der Waals surface area contributed by atoms with Gasteiger partial charge in [0.15, 0.2) is 6.72 Å². The summed E-state index contributed by atoms with van der Waals surface area (Å²) in [6.45, 7) is -1.33. The van der Waals surface area contributed by atoms with Crippen molar-refractivity contribution in [2.24, 2.45) is 0 Å². The fraction of sp³-hybridized carbons (Fsp3) is 0.250. The molecule has 0 saturated carbocycles. The normalized spacial score (nSPS) is 13.9. The minimum Gasteiger partial charge on any atom is -0.770 e. The van der Waals surface area contributed by atoms with E-state index in [9.17, 15) is 4.89 Å². The summed E-state index contributed by atoms with van der Waals surface area (Å²) in [4.78, 5) is 11.4. The molecule has 1 rings (SSSR count). The van der Waals surface area contributed by atoms with Crippen LogP contribution >= 0.6 is 6.72 Å². The van der Waals surface area contributed by atoms with Gasteiger partial charge < -0.3 is 13.9 Å². The molecule has 0 spiro atoms. The summed E-state index contributed by atoms with van der Waals surface area (Å²) in [6.07, 6.45) is 0. The molecule has 1 aromatic carbocycles. The average molecular weight is 240 g/mol. The summed E-state index contributed by atoms with van der Waals surface area (Å²) in [5, 5.41) is 0. The van der Waals surface area contributed by atoms with Gasteiger partial charge in [-0.3, -0.25) is 0 Å². The SMILES string of the molecule is CCOP([O-])(=S)Oc1ccccc1.[Na+]. The van der Waals surface area contributed by atoms with E-state index in [1.165, 1.54) is 0 Å². The Kier molecular flexibility index (Phi) is 7.26. The van der Waals surface area contributed by atoms with E-state index in [1.807, 2.05) is 6.07 Å². The zero-order valence-electron chi connectivity index (χ0n) is 8.17. The van der Waals surface area contributed by atoms with Crippen LogP contribution in [0.15, 0.2) is 30.3 Å². The predicted octanol–water partition coefficient (Wildman–Crippen LogP) is -1.31. The van der Waals surface area contributed by atoms with Crippen molar-refractivity contribution in [1.82, 2.24) is 0 Å². The van der Waals surface area contributed by atoms with Gasteiger partial charge in [-0.05, 0) is 30.9 Å². The van der Waals surface area contributed by atoms with E-state index in [-0.39, 0.29) is 36.2 Å². The molecular weight excluding hydrogens is 230 g/mol. The first kappa shape index (κ1) is 14.6. The van der Waals surface area contributed by atoms with E-state index in [0.29, 0.717) is 5.75 Å². The third-order valence-electron chi connectivity index (χ3n) is 1.25. The molecule has 1 atom stereocenters. The van der Waals surface area contributed by atoms with Gasteiger partial charge in [0.1, 0.15) is 5.75 Å². The number of hydrogen-bond acceptors (Lipinski definition) is 4. The summed E-state index contributed by atoms with van der Waals surface area (Å²) in [7, 11) is 0.